The van der Waals surface area contributed by atoms with Crippen LogP contribution in [-0.2, 0) is 0 Å². The standard InChI is InChI=1S/C13H19NO2/c1-9-4-5-13-11(8-9)14(3)10(2)12(16-13)6-7-15/h4-5,8,10,12,15H,6-7H2,1-3H3. The van der Waals surface area contributed by atoms with Crippen molar-refractivity contribution in [3.8, 4) is 5.75 Å². The number of hydrogen-bond acceptors (Lipinski definition) is 3. The Morgan fingerprint density at radius 1 is 1.44 bits per heavy atom. The molecule has 0 aromatic heterocycles. The Bertz CT molecular complexity index is 378. The Morgan fingerprint density at radius 3 is 2.88 bits per heavy atom. The molecule has 0 saturated carbocycles. The van der Waals surface area contributed by atoms with Crippen LogP contribution in [0.4, 0.5) is 5.69 Å². The van der Waals surface area contributed by atoms with Crippen LogP contribution in [-0.4, -0.2) is 30.9 Å². The van der Waals surface area contributed by atoms with Crippen LogP contribution in [0.1, 0.15) is 18.9 Å². The lowest BCUT2D eigenvalue weighted by Gasteiger charge is -2.39. The number of aliphatic hydroxyl groups is 1. The summed E-state index contributed by atoms with van der Waals surface area (Å²) in [5, 5.41) is 9.02. The van der Waals surface area contributed by atoms with Gasteiger partial charge in [-0.15, -0.1) is 0 Å². The van der Waals surface area contributed by atoms with Gasteiger partial charge in [-0.25, -0.2) is 0 Å². The summed E-state index contributed by atoms with van der Waals surface area (Å²) in [5.74, 6) is 0.921. The van der Waals surface area contributed by atoms with Crippen molar-refractivity contribution in [2.24, 2.45) is 0 Å². The van der Waals surface area contributed by atoms with Gasteiger partial charge in [0.2, 0.25) is 0 Å². The first-order valence-electron chi connectivity index (χ1n) is 5.74. The lowest BCUT2D eigenvalue weighted by atomic mass is 10.0. The number of rotatable bonds is 2. The van der Waals surface area contributed by atoms with E-state index in [0.29, 0.717) is 12.5 Å². The Balaban J connectivity index is 2.32. The number of nitrogens with zero attached hydrogens (tertiary/aromatic N) is 1. The first-order chi connectivity index (χ1) is 7.63. The molecule has 1 aliphatic heterocycles. The Hall–Kier alpha value is -1.22. The van der Waals surface area contributed by atoms with Gasteiger partial charge in [-0.1, -0.05) is 6.07 Å². The third-order valence-corrected chi connectivity index (χ3v) is 3.34. The lowest BCUT2D eigenvalue weighted by Crippen LogP contribution is -2.46. The molecule has 1 aromatic rings. The summed E-state index contributed by atoms with van der Waals surface area (Å²) in [7, 11) is 2.08. The second kappa shape index (κ2) is 4.34. The van der Waals surface area contributed by atoms with Crippen molar-refractivity contribution in [3.05, 3.63) is 23.8 Å². The molecule has 16 heavy (non-hydrogen) atoms. The van der Waals surface area contributed by atoms with Crippen molar-refractivity contribution in [2.45, 2.75) is 32.4 Å². The van der Waals surface area contributed by atoms with E-state index in [9.17, 15) is 0 Å². The molecule has 3 heteroatoms. The van der Waals surface area contributed by atoms with Crippen molar-refractivity contribution >= 4 is 5.69 Å². The van der Waals surface area contributed by atoms with Gasteiger partial charge in [-0.3, -0.25) is 0 Å². The minimum Gasteiger partial charge on any atom is -0.486 e. The highest BCUT2D eigenvalue weighted by Gasteiger charge is 2.29. The number of ether oxygens (including phenoxy) is 1. The topological polar surface area (TPSA) is 32.7 Å². The molecule has 1 N–H and O–H groups in total. The summed E-state index contributed by atoms with van der Waals surface area (Å²) in [6.45, 7) is 4.38. The molecule has 0 bridgehead atoms. The monoisotopic (exact) mass is 221 g/mol. The van der Waals surface area contributed by atoms with Gasteiger partial charge in [-0.05, 0) is 31.5 Å². The number of likely N-dealkylation sites (N-methyl/N-ethyl adjacent to an activating group) is 1. The molecule has 1 aromatic carbocycles. The molecule has 2 unspecified atom stereocenters. The van der Waals surface area contributed by atoms with E-state index in [1.165, 1.54) is 5.56 Å². The van der Waals surface area contributed by atoms with E-state index < -0.39 is 0 Å². The average Bonchev–Trinajstić information content (AvgIpc) is 2.27. The van der Waals surface area contributed by atoms with Gasteiger partial charge in [0, 0.05) is 20.1 Å². The Labute approximate surface area is 96.6 Å². The van der Waals surface area contributed by atoms with Crippen molar-refractivity contribution < 1.29 is 9.84 Å². The summed E-state index contributed by atoms with van der Waals surface area (Å²) in [6, 6.07) is 6.50. The number of hydrogen-bond donors (Lipinski definition) is 1. The van der Waals surface area contributed by atoms with Crippen LogP contribution in [0.3, 0.4) is 0 Å². The fourth-order valence-electron chi connectivity index (χ4n) is 2.16. The molecule has 1 heterocycles. The van der Waals surface area contributed by atoms with E-state index in [2.05, 4.69) is 37.9 Å². The zero-order valence-corrected chi connectivity index (χ0v) is 10.1. The normalized spacial score (nSPS) is 23.9. The second-order valence-corrected chi connectivity index (χ2v) is 4.49. The average molecular weight is 221 g/mol. The van der Waals surface area contributed by atoms with Gasteiger partial charge in [0.15, 0.2) is 0 Å². The molecule has 1 aliphatic rings. The molecular weight excluding hydrogens is 202 g/mol. The molecule has 88 valence electrons. The Kier molecular flexibility index (Phi) is 3.06. The highest BCUT2D eigenvalue weighted by Crippen LogP contribution is 2.36. The predicted octanol–water partition coefficient (Wildman–Crippen LogP) is 1.96. The zero-order chi connectivity index (χ0) is 11.7. The van der Waals surface area contributed by atoms with E-state index in [0.717, 1.165) is 11.4 Å². The first-order valence-corrected chi connectivity index (χ1v) is 5.74. The van der Waals surface area contributed by atoms with E-state index >= 15 is 0 Å². The van der Waals surface area contributed by atoms with Crippen LogP contribution >= 0.6 is 0 Å². The van der Waals surface area contributed by atoms with E-state index in [1.807, 2.05) is 6.07 Å². The van der Waals surface area contributed by atoms with E-state index in [-0.39, 0.29) is 12.7 Å². The van der Waals surface area contributed by atoms with Crippen molar-refractivity contribution in [3.63, 3.8) is 0 Å². The maximum Gasteiger partial charge on any atom is 0.143 e. The quantitative estimate of drug-likeness (QED) is 0.828. The molecule has 2 atom stereocenters. The fourth-order valence-corrected chi connectivity index (χ4v) is 2.16. The molecule has 0 fully saturated rings. The predicted molar refractivity (Wildman–Crippen MR) is 65.2 cm³/mol. The molecule has 3 nitrogen and oxygen atoms in total. The maximum atomic E-state index is 9.02. The third kappa shape index (κ3) is 1.87. The van der Waals surface area contributed by atoms with Gasteiger partial charge in [-0.2, -0.15) is 0 Å². The molecule has 2 rings (SSSR count). The zero-order valence-electron chi connectivity index (χ0n) is 10.1. The second-order valence-electron chi connectivity index (χ2n) is 4.49. The summed E-state index contributed by atoms with van der Waals surface area (Å²) in [6.07, 6.45) is 0.754. The smallest absolute Gasteiger partial charge is 0.143 e. The summed E-state index contributed by atoms with van der Waals surface area (Å²) in [4.78, 5) is 2.23. The van der Waals surface area contributed by atoms with Crippen LogP contribution in [0, 0.1) is 6.92 Å². The first kappa shape index (κ1) is 11.3. The van der Waals surface area contributed by atoms with Crippen LogP contribution in [0.25, 0.3) is 0 Å². The van der Waals surface area contributed by atoms with Gasteiger partial charge in [0.25, 0.3) is 0 Å². The van der Waals surface area contributed by atoms with Crippen molar-refractivity contribution in [1.29, 1.82) is 0 Å². The highest BCUT2D eigenvalue weighted by molar-refractivity contribution is 5.61. The SMILES string of the molecule is Cc1ccc2c(c1)N(C)C(C)C(CCO)O2. The minimum absolute atomic E-state index is 0.0743. The minimum atomic E-state index is 0.0743. The van der Waals surface area contributed by atoms with E-state index in [1.54, 1.807) is 0 Å². The molecule has 0 spiro atoms. The van der Waals surface area contributed by atoms with Crippen LogP contribution in [0.15, 0.2) is 18.2 Å². The van der Waals surface area contributed by atoms with E-state index in [4.69, 9.17) is 9.84 Å². The fraction of sp³-hybridized carbons (Fsp3) is 0.538. The number of anilines is 1. The van der Waals surface area contributed by atoms with Crippen molar-refractivity contribution in [1.82, 2.24) is 0 Å². The molecular formula is C13H19NO2. The highest BCUT2D eigenvalue weighted by atomic mass is 16.5. The van der Waals surface area contributed by atoms with Gasteiger partial charge < -0.3 is 14.7 Å². The van der Waals surface area contributed by atoms with Gasteiger partial charge in [0.05, 0.1) is 11.7 Å². The number of aliphatic hydroxyl groups excluding tert-OH is 1. The van der Waals surface area contributed by atoms with Crippen LogP contribution < -0.4 is 9.64 Å². The summed E-state index contributed by atoms with van der Waals surface area (Å²) < 4.78 is 5.91. The molecule has 0 amide bonds. The van der Waals surface area contributed by atoms with Gasteiger partial charge >= 0.3 is 0 Å². The maximum absolute atomic E-state index is 9.02. The summed E-state index contributed by atoms with van der Waals surface area (Å²) >= 11 is 0. The number of benzene rings is 1. The number of fused-ring (bicyclic) bond motifs is 1. The van der Waals surface area contributed by atoms with Crippen LogP contribution in [0.2, 0.25) is 0 Å². The number of aryl methyl sites for hydroxylation is 1. The summed E-state index contributed by atoms with van der Waals surface area (Å²) in [5.41, 5.74) is 2.38. The van der Waals surface area contributed by atoms with Crippen molar-refractivity contribution in [2.75, 3.05) is 18.6 Å². The Morgan fingerprint density at radius 2 is 2.19 bits per heavy atom. The molecule has 0 saturated heterocycles. The van der Waals surface area contributed by atoms with Crippen LogP contribution in [0.5, 0.6) is 5.75 Å². The third-order valence-electron chi connectivity index (χ3n) is 3.34. The van der Waals surface area contributed by atoms with Gasteiger partial charge in [0.1, 0.15) is 11.9 Å². The lowest BCUT2D eigenvalue weighted by molar-refractivity contribution is 0.124. The molecule has 0 aliphatic carbocycles. The largest absolute Gasteiger partial charge is 0.486 e. The molecule has 0 radical (unpaired) electrons.